The molecule has 2 fully saturated rings. The van der Waals surface area contributed by atoms with E-state index < -0.39 is 11.9 Å². The number of benzene rings is 1. The fourth-order valence-electron chi connectivity index (χ4n) is 5.67. The first kappa shape index (κ1) is 27.7. The standard InChI is InChI=1S/C30H41ClN2O4/c1-19-26(29(34)36-2)27(22-10-7-8-11-24(22)31)28(25(33-19)12-6-4-3-5-9-17-32)30(35)37-18-23(20-13-14-20)21-15-16-21/h7-8,10-11,20-21,23,27,33H,3-6,9,12-18,32H2,1-2H3/t27-/m1/s1. The molecule has 0 bridgehead atoms. The van der Waals surface area contributed by atoms with Crippen LogP contribution in [0.3, 0.4) is 0 Å². The molecule has 3 aliphatic rings. The van der Waals surface area contributed by atoms with Gasteiger partial charge >= 0.3 is 11.9 Å². The van der Waals surface area contributed by atoms with E-state index >= 15 is 0 Å². The molecule has 1 heterocycles. The smallest absolute Gasteiger partial charge is 0.336 e. The summed E-state index contributed by atoms with van der Waals surface area (Å²) in [7, 11) is 1.36. The average molecular weight is 529 g/mol. The molecule has 0 amide bonds. The van der Waals surface area contributed by atoms with Gasteiger partial charge in [-0.15, -0.1) is 0 Å². The van der Waals surface area contributed by atoms with Gasteiger partial charge in [-0.3, -0.25) is 0 Å². The zero-order valence-corrected chi connectivity index (χ0v) is 22.9. The predicted octanol–water partition coefficient (Wildman–Crippen LogP) is 6.01. The van der Waals surface area contributed by atoms with E-state index in [1.165, 1.54) is 32.8 Å². The van der Waals surface area contributed by atoms with Crippen molar-refractivity contribution < 1.29 is 19.1 Å². The molecule has 0 aromatic heterocycles. The lowest BCUT2D eigenvalue weighted by atomic mass is 9.79. The van der Waals surface area contributed by atoms with E-state index in [1.807, 2.05) is 25.1 Å². The monoisotopic (exact) mass is 528 g/mol. The number of rotatable bonds is 14. The lowest BCUT2D eigenvalue weighted by Crippen LogP contribution is -2.34. The second-order valence-electron chi connectivity index (χ2n) is 10.7. The van der Waals surface area contributed by atoms with E-state index in [9.17, 15) is 9.59 Å². The summed E-state index contributed by atoms with van der Waals surface area (Å²) >= 11 is 6.66. The number of nitrogens with two attached hydrogens (primary N) is 1. The highest BCUT2D eigenvalue weighted by Crippen LogP contribution is 2.49. The van der Waals surface area contributed by atoms with Gasteiger partial charge in [-0.1, -0.05) is 49.1 Å². The maximum absolute atomic E-state index is 13.9. The first-order chi connectivity index (χ1) is 18.0. The number of nitrogens with one attached hydrogen (secondary N) is 1. The van der Waals surface area contributed by atoms with Crippen molar-refractivity contribution >= 4 is 23.5 Å². The van der Waals surface area contributed by atoms with Gasteiger partial charge in [0.25, 0.3) is 0 Å². The lowest BCUT2D eigenvalue weighted by molar-refractivity contribution is -0.141. The van der Waals surface area contributed by atoms with Crippen LogP contribution in [0.1, 0.15) is 82.6 Å². The van der Waals surface area contributed by atoms with Crippen molar-refractivity contribution in [1.82, 2.24) is 5.32 Å². The molecule has 1 aromatic carbocycles. The zero-order chi connectivity index (χ0) is 26.4. The molecule has 0 saturated heterocycles. The third-order valence-corrected chi connectivity index (χ3v) is 8.32. The fourth-order valence-corrected chi connectivity index (χ4v) is 5.91. The minimum Gasteiger partial charge on any atom is -0.466 e. The van der Waals surface area contributed by atoms with Gasteiger partial charge in [0.2, 0.25) is 0 Å². The van der Waals surface area contributed by atoms with Gasteiger partial charge in [-0.2, -0.15) is 0 Å². The molecule has 1 atom stereocenters. The Labute approximate surface area is 226 Å². The van der Waals surface area contributed by atoms with Crippen molar-refractivity contribution in [2.45, 2.75) is 77.0 Å². The van der Waals surface area contributed by atoms with Crippen molar-refractivity contribution in [3.05, 3.63) is 57.4 Å². The molecule has 2 aliphatic carbocycles. The van der Waals surface area contributed by atoms with Crippen LogP contribution >= 0.6 is 11.6 Å². The van der Waals surface area contributed by atoms with Crippen LogP contribution in [0.4, 0.5) is 0 Å². The number of dihydropyridines is 1. The van der Waals surface area contributed by atoms with Gasteiger partial charge in [0.05, 0.1) is 30.8 Å². The molecular formula is C30H41ClN2O4. The topological polar surface area (TPSA) is 90.6 Å². The second kappa shape index (κ2) is 13.0. The molecule has 0 radical (unpaired) electrons. The summed E-state index contributed by atoms with van der Waals surface area (Å²) in [6.07, 6.45) is 10.8. The number of unbranched alkanes of at least 4 members (excludes halogenated alkanes) is 4. The Balaban J connectivity index is 1.64. The number of methoxy groups -OCH3 is 1. The summed E-state index contributed by atoms with van der Waals surface area (Å²) in [6.45, 7) is 3.01. The van der Waals surface area contributed by atoms with E-state index in [0.29, 0.717) is 64.8 Å². The van der Waals surface area contributed by atoms with Crippen molar-refractivity contribution in [3.8, 4) is 0 Å². The van der Waals surface area contributed by atoms with Gasteiger partial charge in [0.1, 0.15) is 0 Å². The van der Waals surface area contributed by atoms with E-state index in [-0.39, 0.29) is 5.97 Å². The molecule has 2 saturated carbocycles. The highest BCUT2D eigenvalue weighted by molar-refractivity contribution is 6.31. The summed E-state index contributed by atoms with van der Waals surface area (Å²) in [5.41, 5.74) is 8.71. The van der Waals surface area contributed by atoms with Gasteiger partial charge in [0, 0.05) is 16.4 Å². The third-order valence-electron chi connectivity index (χ3n) is 7.98. The molecule has 37 heavy (non-hydrogen) atoms. The quantitative estimate of drug-likeness (QED) is 0.227. The normalized spacial score (nSPS) is 19.8. The molecular weight excluding hydrogens is 488 g/mol. The molecule has 7 heteroatoms. The van der Waals surface area contributed by atoms with Crippen LogP contribution < -0.4 is 11.1 Å². The van der Waals surface area contributed by atoms with Crippen molar-refractivity contribution in [2.24, 2.45) is 23.5 Å². The van der Waals surface area contributed by atoms with Crippen LogP contribution in [0.2, 0.25) is 5.02 Å². The van der Waals surface area contributed by atoms with Crippen LogP contribution in [0.15, 0.2) is 46.8 Å². The van der Waals surface area contributed by atoms with Gasteiger partial charge in [-0.25, -0.2) is 9.59 Å². The number of ether oxygens (including phenoxy) is 2. The summed E-state index contributed by atoms with van der Waals surface area (Å²) in [6, 6.07) is 7.40. The Hall–Kier alpha value is -2.31. The Bertz CT molecular complexity index is 1030. The van der Waals surface area contributed by atoms with Crippen LogP contribution in [0, 0.1) is 17.8 Å². The predicted molar refractivity (Wildman–Crippen MR) is 146 cm³/mol. The lowest BCUT2D eigenvalue weighted by Gasteiger charge is -2.32. The van der Waals surface area contributed by atoms with E-state index in [4.69, 9.17) is 26.8 Å². The largest absolute Gasteiger partial charge is 0.466 e. The summed E-state index contributed by atoms with van der Waals surface area (Å²) < 4.78 is 11.2. The number of allylic oxidation sites excluding steroid dienone is 2. The molecule has 202 valence electrons. The number of hydrogen-bond acceptors (Lipinski definition) is 6. The molecule has 1 aromatic rings. The molecule has 3 N–H and O–H groups in total. The van der Waals surface area contributed by atoms with Crippen LogP contribution in [-0.4, -0.2) is 32.2 Å². The molecule has 4 rings (SSSR count). The minimum absolute atomic E-state index is 0.365. The van der Waals surface area contributed by atoms with E-state index in [0.717, 1.165) is 37.8 Å². The third kappa shape index (κ3) is 6.97. The highest BCUT2D eigenvalue weighted by atomic mass is 35.5. The molecule has 6 nitrogen and oxygen atoms in total. The first-order valence-electron chi connectivity index (χ1n) is 13.9. The van der Waals surface area contributed by atoms with E-state index in [2.05, 4.69) is 5.32 Å². The molecule has 0 spiro atoms. The van der Waals surface area contributed by atoms with Crippen LogP contribution in [0.5, 0.6) is 0 Å². The maximum Gasteiger partial charge on any atom is 0.336 e. The highest BCUT2D eigenvalue weighted by Gasteiger charge is 2.43. The Morgan fingerprint density at radius 3 is 2.27 bits per heavy atom. The van der Waals surface area contributed by atoms with Gasteiger partial charge in [-0.05, 0) is 87.8 Å². The summed E-state index contributed by atoms with van der Waals surface area (Å²) in [4.78, 5) is 26.9. The van der Waals surface area contributed by atoms with Crippen LogP contribution in [-0.2, 0) is 19.1 Å². The second-order valence-corrected chi connectivity index (χ2v) is 11.2. The fraction of sp³-hybridized carbons (Fsp3) is 0.600. The van der Waals surface area contributed by atoms with Gasteiger partial charge in [0.15, 0.2) is 0 Å². The van der Waals surface area contributed by atoms with Crippen molar-refractivity contribution in [2.75, 3.05) is 20.3 Å². The number of carbonyl (C=O) groups excluding carboxylic acids is 2. The zero-order valence-electron chi connectivity index (χ0n) is 22.2. The first-order valence-corrected chi connectivity index (χ1v) is 14.2. The number of halogens is 1. The number of hydrogen-bond donors (Lipinski definition) is 2. The maximum atomic E-state index is 13.9. The average Bonchev–Trinajstić information content (AvgIpc) is 3.81. The van der Waals surface area contributed by atoms with Crippen molar-refractivity contribution in [3.63, 3.8) is 0 Å². The Kier molecular flexibility index (Phi) is 9.71. The molecule has 0 unspecified atom stereocenters. The minimum atomic E-state index is -0.651. The van der Waals surface area contributed by atoms with Crippen LogP contribution in [0.25, 0.3) is 0 Å². The summed E-state index contributed by atoms with van der Waals surface area (Å²) in [5.74, 6) is 0.314. The van der Waals surface area contributed by atoms with E-state index in [1.54, 1.807) is 6.07 Å². The Morgan fingerprint density at radius 1 is 1.00 bits per heavy atom. The van der Waals surface area contributed by atoms with Gasteiger partial charge < -0.3 is 20.5 Å². The molecule has 1 aliphatic heterocycles. The van der Waals surface area contributed by atoms with Crippen molar-refractivity contribution in [1.29, 1.82) is 0 Å². The number of carbonyl (C=O) groups is 2. The Morgan fingerprint density at radius 2 is 1.65 bits per heavy atom. The summed E-state index contributed by atoms with van der Waals surface area (Å²) in [5, 5.41) is 3.89. The number of esters is 2. The SMILES string of the molecule is COC(=O)C1=C(C)NC(CCCCCCCN)=C(C(=O)OCC(C2CC2)C2CC2)[C@@H]1c1ccccc1Cl.